The second-order valence-electron chi connectivity index (χ2n) is 8.57. The Morgan fingerprint density at radius 2 is 1.72 bits per heavy atom. The molecule has 4 nitrogen and oxygen atoms in total. The highest BCUT2D eigenvalue weighted by atomic mass is 28.4. The molecule has 1 aromatic rings. The van der Waals surface area contributed by atoms with Crippen molar-refractivity contribution in [3.63, 3.8) is 0 Å². The lowest BCUT2D eigenvalue weighted by molar-refractivity contribution is -0.139. The highest BCUT2D eigenvalue weighted by molar-refractivity contribution is 6.74. The Labute approximate surface area is 154 Å². The molecule has 0 fully saturated rings. The van der Waals surface area contributed by atoms with Gasteiger partial charge in [-0.05, 0) is 48.2 Å². The molecule has 25 heavy (non-hydrogen) atoms. The number of carbonyl (C=O) groups is 1. The van der Waals surface area contributed by atoms with Gasteiger partial charge in [-0.25, -0.2) is 0 Å². The summed E-state index contributed by atoms with van der Waals surface area (Å²) < 4.78 is 11.1. The van der Waals surface area contributed by atoms with E-state index in [4.69, 9.17) is 9.16 Å². The van der Waals surface area contributed by atoms with Crippen LogP contribution >= 0.6 is 0 Å². The molecule has 5 heteroatoms. The summed E-state index contributed by atoms with van der Waals surface area (Å²) in [5, 5.41) is 3.48. The van der Waals surface area contributed by atoms with E-state index in [1.807, 2.05) is 12.1 Å². The second-order valence-corrected chi connectivity index (χ2v) is 13.3. The molecule has 0 saturated carbocycles. The first kappa shape index (κ1) is 21.7. The van der Waals surface area contributed by atoms with Gasteiger partial charge >= 0.3 is 5.97 Å². The van der Waals surface area contributed by atoms with E-state index in [1.165, 1.54) is 12.7 Å². The van der Waals surface area contributed by atoms with Crippen molar-refractivity contribution < 1.29 is 14.0 Å². The van der Waals surface area contributed by atoms with Gasteiger partial charge in [0.15, 0.2) is 0 Å². The molecule has 0 aromatic heterocycles. The van der Waals surface area contributed by atoms with Crippen molar-refractivity contribution >= 4 is 14.3 Å². The lowest BCUT2D eigenvalue weighted by Crippen LogP contribution is -2.43. The van der Waals surface area contributed by atoms with E-state index in [9.17, 15) is 4.79 Å². The Morgan fingerprint density at radius 3 is 2.16 bits per heavy atom. The van der Waals surface area contributed by atoms with Crippen molar-refractivity contribution in [2.75, 3.05) is 13.7 Å². The predicted molar refractivity (Wildman–Crippen MR) is 106 cm³/mol. The summed E-state index contributed by atoms with van der Waals surface area (Å²) in [7, 11) is -0.417. The fourth-order valence-corrected chi connectivity index (χ4v) is 3.33. The van der Waals surface area contributed by atoms with Crippen molar-refractivity contribution in [1.82, 2.24) is 5.32 Å². The minimum Gasteiger partial charge on any atom is -0.544 e. The average Bonchev–Trinajstić information content (AvgIpc) is 2.50. The molecular formula is C20H35NO3Si. The van der Waals surface area contributed by atoms with Crippen LogP contribution in [-0.2, 0) is 9.53 Å². The molecule has 0 heterocycles. The highest BCUT2D eigenvalue weighted by Crippen LogP contribution is 2.37. The van der Waals surface area contributed by atoms with Gasteiger partial charge < -0.3 is 14.5 Å². The summed E-state index contributed by atoms with van der Waals surface area (Å²) in [6, 6.07) is 8.41. The smallest absolute Gasteiger partial charge is 0.319 e. The third kappa shape index (κ3) is 6.82. The lowest BCUT2D eigenvalue weighted by atomic mass is 9.97. The summed E-state index contributed by atoms with van der Waals surface area (Å²) >= 11 is 0. The van der Waals surface area contributed by atoms with Crippen molar-refractivity contribution in [1.29, 1.82) is 0 Å². The van der Waals surface area contributed by atoms with Gasteiger partial charge in [0.1, 0.15) is 5.75 Å². The van der Waals surface area contributed by atoms with E-state index >= 15 is 0 Å². The molecule has 0 amide bonds. The molecule has 0 radical (unpaired) electrons. The summed E-state index contributed by atoms with van der Waals surface area (Å²) in [5.74, 6) is 1.21. The number of esters is 1. The molecule has 1 N–H and O–H groups in total. The number of methoxy groups -OCH3 is 1. The first-order valence-corrected chi connectivity index (χ1v) is 12.0. The zero-order chi connectivity index (χ0) is 19.3. The van der Waals surface area contributed by atoms with Gasteiger partial charge in [-0.15, -0.1) is 0 Å². The predicted octanol–water partition coefficient (Wildman–Crippen LogP) is 4.92. The van der Waals surface area contributed by atoms with Crippen LogP contribution in [0.5, 0.6) is 5.75 Å². The van der Waals surface area contributed by atoms with Crippen molar-refractivity contribution in [3.8, 4) is 5.75 Å². The van der Waals surface area contributed by atoms with Crippen molar-refractivity contribution in [3.05, 3.63) is 29.8 Å². The molecular weight excluding hydrogens is 330 g/mol. The van der Waals surface area contributed by atoms with Crippen LogP contribution in [0.25, 0.3) is 0 Å². The van der Waals surface area contributed by atoms with Gasteiger partial charge in [-0.1, -0.05) is 46.8 Å². The van der Waals surface area contributed by atoms with Crippen LogP contribution in [0.2, 0.25) is 18.1 Å². The molecule has 1 aromatic carbocycles. The molecule has 0 aliphatic carbocycles. The maximum absolute atomic E-state index is 11.4. The van der Waals surface area contributed by atoms with E-state index in [2.05, 4.69) is 65.2 Å². The first-order chi connectivity index (χ1) is 11.5. The number of carbonyl (C=O) groups excluding carboxylic acids is 1. The van der Waals surface area contributed by atoms with Crippen LogP contribution in [0.4, 0.5) is 0 Å². The van der Waals surface area contributed by atoms with Gasteiger partial charge in [0.2, 0.25) is 8.32 Å². The maximum Gasteiger partial charge on any atom is 0.319 e. The fourth-order valence-electron chi connectivity index (χ4n) is 2.30. The fraction of sp³-hybridized carbons (Fsp3) is 0.650. The van der Waals surface area contributed by atoms with Gasteiger partial charge in [0.25, 0.3) is 0 Å². The third-order valence-electron chi connectivity index (χ3n) is 4.89. The van der Waals surface area contributed by atoms with Gasteiger partial charge in [0, 0.05) is 6.04 Å². The highest BCUT2D eigenvalue weighted by Gasteiger charge is 2.38. The van der Waals surface area contributed by atoms with Gasteiger partial charge in [-0.2, -0.15) is 0 Å². The van der Waals surface area contributed by atoms with Gasteiger partial charge in [0.05, 0.1) is 13.7 Å². The van der Waals surface area contributed by atoms with Crippen LogP contribution in [0.1, 0.15) is 52.6 Å². The Hall–Kier alpha value is -1.33. The summed E-state index contributed by atoms with van der Waals surface area (Å²) in [6.45, 7) is 15.8. The monoisotopic (exact) mass is 365 g/mol. The zero-order valence-electron chi connectivity index (χ0n) is 17.1. The normalized spacial score (nSPS) is 13.6. The Bertz CT molecular complexity index is 547. The molecule has 1 atom stereocenters. The number of ether oxygens (including phenoxy) is 1. The third-order valence-corrected chi connectivity index (χ3v) is 9.25. The Kier molecular flexibility index (Phi) is 7.69. The quantitative estimate of drug-likeness (QED) is 0.525. The van der Waals surface area contributed by atoms with E-state index < -0.39 is 8.32 Å². The Morgan fingerprint density at radius 1 is 1.16 bits per heavy atom. The van der Waals surface area contributed by atoms with Gasteiger partial charge in [-0.3, -0.25) is 4.79 Å². The molecule has 0 aliphatic heterocycles. The minimum absolute atomic E-state index is 0.126. The van der Waals surface area contributed by atoms with E-state index in [0.717, 1.165) is 12.2 Å². The Balaban J connectivity index is 2.87. The van der Waals surface area contributed by atoms with Crippen molar-refractivity contribution in [2.45, 2.75) is 65.2 Å². The number of benzene rings is 1. The van der Waals surface area contributed by atoms with Crippen LogP contribution in [0.15, 0.2) is 24.3 Å². The first-order valence-electron chi connectivity index (χ1n) is 9.05. The standard InChI is InChI=1S/C20H35NO3Si/c1-15(2)13-18(21-14-19(22)23-6)16-9-11-17(12-10-16)24-25(7,8)20(3,4)5/h9-12,15,18,21H,13-14H2,1-8H3/t18-/m0/s1. The topological polar surface area (TPSA) is 47.6 Å². The SMILES string of the molecule is COC(=O)CN[C@@H](CC(C)C)c1ccc(O[Si](C)(C)C(C)(C)C)cc1. The molecule has 0 saturated heterocycles. The average molecular weight is 366 g/mol. The molecule has 1 rings (SSSR count). The van der Waals surface area contributed by atoms with E-state index in [-0.39, 0.29) is 23.6 Å². The molecule has 0 bridgehead atoms. The largest absolute Gasteiger partial charge is 0.544 e. The van der Waals surface area contributed by atoms with Crippen LogP contribution in [0.3, 0.4) is 0 Å². The maximum atomic E-state index is 11.4. The molecule has 0 spiro atoms. The number of rotatable bonds is 8. The molecule has 0 aliphatic rings. The lowest BCUT2D eigenvalue weighted by Gasteiger charge is -2.36. The van der Waals surface area contributed by atoms with Crippen molar-refractivity contribution in [2.24, 2.45) is 5.92 Å². The van der Waals surface area contributed by atoms with Crippen LogP contribution in [0, 0.1) is 5.92 Å². The van der Waals surface area contributed by atoms with E-state index in [0.29, 0.717) is 5.92 Å². The zero-order valence-corrected chi connectivity index (χ0v) is 18.1. The second kappa shape index (κ2) is 8.85. The minimum atomic E-state index is -1.83. The summed E-state index contributed by atoms with van der Waals surface area (Å²) in [6.07, 6.45) is 0.958. The summed E-state index contributed by atoms with van der Waals surface area (Å²) in [5.41, 5.74) is 1.17. The molecule has 142 valence electrons. The van der Waals surface area contributed by atoms with Crippen LogP contribution in [-0.4, -0.2) is 27.9 Å². The number of nitrogens with one attached hydrogen (secondary N) is 1. The molecule has 0 unspecified atom stereocenters. The van der Waals surface area contributed by atoms with Crippen LogP contribution < -0.4 is 9.74 Å². The summed E-state index contributed by atoms with van der Waals surface area (Å²) in [4.78, 5) is 11.4. The number of hydrogen-bond donors (Lipinski definition) is 1. The van der Waals surface area contributed by atoms with E-state index in [1.54, 1.807) is 0 Å². The number of hydrogen-bond acceptors (Lipinski definition) is 4.